The monoisotopic (exact) mass is 839 g/mol. The van der Waals surface area contributed by atoms with Gasteiger partial charge >= 0.3 is 6.09 Å². The Balaban J connectivity index is 0.945. The summed E-state index contributed by atoms with van der Waals surface area (Å²) in [6.45, 7) is 6.01. The highest BCUT2D eigenvalue weighted by atomic mass is 16.7. The van der Waals surface area contributed by atoms with Gasteiger partial charge in [0.1, 0.15) is 12.6 Å². The lowest BCUT2D eigenvalue weighted by Gasteiger charge is -2.44. The number of hydrogen-bond donors (Lipinski definition) is 2. The van der Waals surface area contributed by atoms with Crippen molar-refractivity contribution >= 4 is 29.3 Å². The lowest BCUT2D eigenvalue weighted by molar-refractivity contribution is -0.384. The molecule has 320 valence electrons. The number of nitrogens with zero attached hydrogens (tertiary/aromatic N) is 4. The zero-order valence-corrected chi connectivity index (χ0v) is 34.4. The van der Waals surface area contributed by atoms with Gasteiger partial charge in [0.25, 0.3) is 11.6 Å². The Morgan fingerprint density at radius 2 is 1.50 bits per heavy atom. The zero-order valence-electron chi connectivity index (χ0n) is 34.4. The van der Waals surface area contributed by atoms with E-state index in [1.54, 1.807) is 24.3 Å². The molecule has 5 aromatic carbocycles. The van der Waals surface area contributed by atoms with Crippen LogP contribution in [0.1, 0.15) is 53.6 Å². The highest BCUT2D eigenvalue weighted by Crippen LogP contribution is 2.42. The number of likely N-dealkylation sites (tertiary alicyclic amines) is 1. The van der Waals surface area contributed by atoms with Crippen molar-refractivity contribution in [3.63, 3.8) is 0 Å². The van der Waals surface area contributed by atoms with Crippen LogP contribution in [0.25, 0.3) is 11.1 Å². The summed E-state index contributed by atoms with van der Waals surface area (Å²) >= 11 is 0. The fourth-order valence-electron chi connectivity index (χ4n) is 8.32. The largest absolute Gasteiger partial charge is 0.445 e. The summed E-state index contributed by atoms with van der Waals surface area (Å²) in [4.78, 5) is 55.4. The summed E-state index contributed by atoms with van der Waals surface area (Å²) in [5.74, 6) is -0.871. The van der Waals surface area contributed by atoms with E-state index in [0.29, 0.717) is 6.54 Å². The Morgan fingerprint density at radius 3 is 2.21 bits per heavy atom. The maximum Gasteiger partial charge on any atom is 0.408 e. The van der Waals surface area contributed by atoms with Crippen molar-refractivity contribution in [3.8, 4) is 11.1 Å². The number of piperazine rings is 1. The molecule has 3 heterocycles. The normalized spacial score (nSPS) is 21.8. The Labute approximate surface area is 359 Å². The smallest absolute Gasteiger partial charge is 0.408 e. The molecule has 3 aliphatic rings. The van der Waals surface area contributed by atoms with E-state index in [-0.39, 0.29) is 60.8 Å². The fraction of sp³-hybridized carbons (Fsp3) is 0.312. The lowest BCUT2D eigenvalue weighted by Crippen LogP contribution is -2.51. The molecule has 14 nitrogen and oxygen atoms in total. The predicted molar refractivity (Wildman–Crippen MR) is 230 cm³/mol. The van der Waals surface area contributed by atoms with Gasteiger partial charge in [-0.05, 0) is 57.6 Å². The molecule has 1 unspecified atom stereocenters. The van der Waals surface area contributed by atoms with Gasteiger partial charge in [0.15, 0.2) is 6.29 Å². The minimum Gasteiger partial charge on any atom is -0.445 e. The van der Waals surface area contributed by atoms with Crippen LogP contribution in [0.4, 0.5) is 16.2 Å². The van der Waals surface area contributed by atoms with Crippen molar-refractivity contribution in [2.24, 2.45) is 5.92 Å². The number of carbonyl (C=O) groups excluding carboxylic acids is 3. The van der Waals surface area contributed by atoms with Gasteiger partial charge < -0.3 is 29.5 Å². The van der Waals surface area contributed by atoms with E-state index in [0.717, 1.165) is 70.8 Å². The average molecular weight is 840 g/mol. The van der Waals surface area contributed by atoms with Gasteiger partial charge in [0.05, 0.1) is 36.7 Å². The number of nitro benzene ring substituents is 1. The van der Waals surface area contributed by atoms with E-state index >= 15 is 0 Å². The van der Waals surface area contributed by atoms with Gasteiger partial charge in [-0.2, -0.15) is 0 Å². The Morgan fingerprint density at radius 1 is 0.806 bits per heavy atom. The van der Waals surface area contributed by atoms with Crippen molar-refractivity contribution in [2.75, 3.05) is 37.6 Å². The highest BCUT2D eigenvalue weighted by molar-refractivity contribution is 6.06. The number of aliphatic hydroxyl groups is 1. The second-order valence-electron chi connectivity index (χ2n) is 16.0. The van der Waals surface area contributed by atoms with Crippen LogP contribution in [-0.2, 0) is 43.6 Å². The number of aliphatic hydroxyl groups excluding tert-OH is 1. The molecule has 0 spiro atoms. The number of carbonyl (C=O) groups is 3. The quantitative estimate of drug-likeness (QED) is 0.0719. The number of alkyl carbamates (subject to hydrolysis) is 1. The molecule has 5 atom stereocenters. The molecule has 3 amide bonds. The number of non-ortho nitro benzene ring substituents is 1. The highest BCUT2D eigenvalue weighted by Gasteiger charge is 2.41. The molecule has 0 aliphatic carbocycles. The molecule has 3 fully saturated rings. The predicted octanol–water partition coefficient (Wildman–Crippen LogP) is 6.92. The average Bonchev–Trinajstić information content (AvgIpc) is 3.56. The molecule has 5 aromatic rings. The first kappa shape index (κ1) is 42.2. The van der Waals surface area contributed by atoms with Gasteiger partial charge in [-0.25, -0.2) is 4.79 Å². The van der Waals surface area contributed by atoms with Gasteiger partial charge in [-0.15, -0.1) is 0 Å². The minimum atomic E-state index is -1.00. The van der Waals surface area contributed by atoms with Crippen LogP contribution < -0.4 is 10.2 Å². The summed E-state index contributed by atoms with van der Waals surface area (Å²) in [5, 5.41) is 23.4. The molecule has 62 heavy (non-hydrogen) atoms. The molecule has 14 heteroatoms. The van der Waals surface area contributed by atoms with Crippen LogP contribution >= 0.6 is 0 Å². The fourth-order valence-corrected chi connectivity index (χ4v) is 8.32. The maximum atomic E-state index is 13.3. The van der Waals surface area contributed by atoms with E-state index in [2.05, 4.69) is 22.0 Å². The van der Waals surface area contributed by atoms with Crippen LogP contribution in [0.2, 0.25) is 0 Å². The molecular formula is C48H49N5O9. The first-order valence-electron chi connectivity index (χ1n) is 20.8. The molecule has 0 radical (unpaired) electrons. The summed E-state index contributed by atoms with van der Waals surface area (Å²) in [6.07, 6.45) is -2.08. The number of imide groups is 1. The van der Waals surface area contributed by atoms with Crippen molar-refractivity contribution in [1.82, 2.24) is 15.1 Å². The number of anilines is 1. The second-order valence-corrected chi connectivity index (χ2v) is 16.0. The number of amides is 3. The summed E-state index contributed by atoms with van der Waals surface area (Å²) in [5.41, 5.74) is 7.02. The van der Waals surface area contributed by atoms with E-state index in [9.17, 15) is 29.6 Å². The van der Waals surface area contributed by atoms with Gasteiger partial charge in [-0.3, -0.25) is 29.5 Å². The second kappa shape index (κ2) is 19.1. The van der Waals surface area contributed by atoms with E-state index in [1.165, 1.54) is 4.90 Å². The number of nitrogens with one attached hydrogen (secondary N) is 1. The third-order valence-corrected chi connectivity index (χ3v) is 11.9. The van der Waals surface area contributed by atoms with Crippen LogP contribution in [0.3, 0.4) is 0 Å². The standard InChI is InChI=1S/C48H49N5O9/c1-32-43(29-50-21-23-51(24-22-50)40-17-19-41(20-18-40)53(58)59)61-47(62-45(32)36-15-13-33(30-54)14-16-36)39-12-6-11-38(26-39)37-10-5-9-35(25-37)28-52-44(55)27-42(46(52)56)49-48(57)60-31-34-7-3-2-4-8-34/h2-20,25-26,32,42-43,45,47,54H,21-24,27-31H2,1H3,(H,49,57)/t32-,42?,43+,45+,47+/m1/s1. The van der Waals surface area contributed by atoms with Crippen molar-refractivity contribution in [2.45, 2.75) is 57.6 Å². The number of nitro groups is 1. The number of ether oxygens (including phenoxy) is 3. The summed E-state index contributed by atoms with van der Waals surface area (Å²) < 4.78 is 18.9. The zero-order chi connectivity index (χ0) is 43.2. The van der Waals surface area contributed by atoms with Crippen LogP contribution in [0.5, 0.6) is 0 Å². The van der Waals surface area contributed by atoms with Gasteiger partial charge in [0.2, 0.25) is 5.91 Å². The number of hydrogen-bond acceptors (Lipinski definition) is 11. The molecular weight excluding hydrogens is 791 g/mol. The third-order valence-electron chi connectivity index (χ3n) is 11.9. The molecule has 0 bridgehead atoms. The van der Waals surface area contributed by atoms with Gasteiger partial charge in [0, 0.05) is 62.0 Å². The molecule has 3 aliphatic heterocycles. The Hall–Kier alpha value is -6.45. The van der Waals surface area contributed by atoms with E-state index in [1.807, 2.05) is 103 Å². The van der Waals surface area contributed by atoms with Crippen LogP contribution in [0.15, 0.2) is 127 Å². The van der Waals surface area contributed by atoms with Gasteiger partial charge in [-0.1, -0.05) is 97.9 Å². The minimum absolute atomic E-state index is 0.00969. The van der Waals surface area contributed by atoms with E-state index in [4.69, 9.17) is 14.2 Å². The van der Waals surface area contributed by atoms with E-state index < -0.39 is 24.3 Å². The van der Waals surface area contributed by atoms with Crippen molar-refractivity contribution in [1.29, 1.82) is 0 Å². The number of rotatable bonds is 13. The maximum absolute atomic E-state index is 13.3. The molecule has 0 saturated carbocycles. The molecule has 8 rings (SSSR count). The topological polar surface area (TPSA) is 164 Å². The molecule has 0 aromatic heterocycles. The number of benzene rings is 5. The lowest BCUT2D eigenvalue weighted by atomic mass is 9.89. The first-order chi connectivity index (χ1) is 30.1. The van der Waals surface area contributed by atoms with Crippen LogP contribution in [0, 0.1) is 16.0 Å². The summed E-state index contributed by atoms with van der Waals surface area (Å²) in [7, 11) is 0. The third kappa shape index (κ3) is 9.85. The van der Waals surface area contributed by atoms with Crippen molar-refractivity contribution < 1.29 is 38.6 Å². The Kier molecular flexibility index (Phi) is 13.0. The van der Waals surface area contributed by atoms with Crippen molar-refractivity contribution in [3.05, 3.63) is 165 Å². The SMILES string of the molecule is C[C@@H]1[C@H](CN2CCN(c3ccc([N+](=O)[O-])cc3)CC2)O[C@H](c2cccc(-c3cccc(CN4C(=O)CC(NC(=O)OCc5ccccc5)C4=O)c3)c2)O[C@@H]1c1ccc(CO)cc1. The molecule has 2 N–H and O–H groups in total. The first-order valence-corrected chi connectivity index (χ1v) is 20.8. The van der Waals surface area contributed by atoms with Crippen LogP contribution in [-0.4, -0.2) is 82.6 Å². The molecule has 3 saturated heterocycles. The summed E-state index contributed by atoms with van der Waals surface area (Å²) in [6, 6.07) is 38.4. The Bertz CT molecular complexity index is 2370.